The quantitative estimate of drug-likeness (QED) is 0.937. The van der Waals surface area contributed by atoms with E-state index in [1.165, 1.54) is 0 Å². The average molecular weight is 284 g/mol. The molecule has 0 aliphatic rings. The van der Waals surface area contributed by atoms with E-state index < -0.39 is 12.0 Å². The van der Waals surface area contributed by atoms with Crippen LogP contribution in [0.15, 0.2) is 24.3 Å². The molecule has 20 heavy (non-hydrogen) atoms. The van der Waals surface area contributed by atoms with Gasteiger partial charge in [0, 0.05) is 18.5 Å². The molecule has 0 amide bonds. The minimum atomic E-state index is -4.55. The van der Waals surface area contributed by atoms with E-state index in [-0.39, 0.29) is 11.3 Å². The van der Waals surface area contributed by atoms with E-state index in [4.69, 9.17) is 0 Å². The molecule has 0 fully saturated rings. The van der Waals surface area contributed by atoms with Gasteiger partial charge in [-0.3, -0.25) is 0 Å². The number of nitrogens with one attached hydrogen (secondary N) is 1. The Balaban J connectivity index is 2.39. The lowest BCUT2D eigenvalue weighted by atomic mass is 10.2. The Morgan fingerprint density at radius 3 is 2.50 bits per heavy atom. The monoisotopic (exact) mass is 284 g/mol. The van der Waals surface area contributed by atoms with Crippen molar-refractivity contribution in [2.24, 2.45) is 0 Å². The summed E-state index contributed by atoms with van der Waals surface area (Å²) in [4.78, 5) is 9.10. The second-order valence-corrected chi connectivity index (χ2v) is 4.64. The molecule has 0 aliphatic carbocycles. The SMILES string of the molecule is CN(C)CCNc1nc(C(F)(F)F)nc2ccccc12. The van der Waals surface area contributed by atoms with Crippen LogP contribution in [-0.4, -0.2) is 42.1 Å². The van der Waals surface area contributed by atoms with Crippen molar-refractivity contribution in [2.75, 3.05) is 32.5 Å². The molecule has 0 spiro atoms. The van der Waals surface area contributed by atoms with Crippen LogP contribution in [-0.2, 0) is 6.18 Å². The first kappa shape index (κ1) is 14.5. The maximum atomic E-state index is 12.8. The van der Waals surface area contributed by atoms with Crippen LogP contribution in [0.2, 0.25) is 0 Å². The molecular weight excluding hydrogens is 269 g/mol. The lowest BCUT2D eigenvalue weighted by Gasteiger charge is -2.14. The van der Waals surface area contributed by atoms with Crippen molar-refractivity contribution < 1.29 is 13.2 Å². The van der Waals surface area contributed by atoms with Gasteiger partial charge in [0.05, 0.1) is 5.52 Å². The minimum absolute atomic E-state index is 0.213. The second kappa shape index (κ2) is 5.62. The van der Waals surface area contributed by atoms with E-state index in [1.807, 2.05) is 19.0 Å². The van der Waals surface area contributed by atoms with Crippen molar-refractivity contribution in [3.05, 3.63) is 30.1 Å². The number of rotatable bonds is 4. The van der Waals surface area contributed by atoms with Gasteiger partial charge in [-0.15, -0.1) is 0 Å². The highest BCUT2D eigenvalue weighted by Gasteiger charge is 2.35. The summed E-state index contributed by atoms with van der Waals surface area (Å²) in [5.74, 6) is -0.909. The molecule has 0 saturated carbocycles. The highest BCUT2D eigenvalue weighted by atomic mass is 19.4. The predicted molar refractivity (Wildman–Crippen MR) is 71.6 cm³/mol. The van der Waals surface area contributed by atoms with Crippen molar-refractivity contribution >= 4 is 16.7 Å². The molecule has 2 rings (SSSR count). The first-order valence-electron chi connectivity index (χ1n) is 6.10. The molecule has 1 aromatic heterocycles. The smallest absolute Gasteiger partial charge is 0.368 e. The molecule has 108 valence electrons. The Bertz CT molecular complexity index is 596. The number of anilines is 1. The van der Waals surface area contributed by atoms with E-state index >= 15 is 0 Å². The number of benzene rings is 1. The van der Waals surface area contributed by atoms with Crippen LogP contribution in [0.1, 0.15) is 5.82 Å². The third-order valence-corrected chi connectivity index (χ3v) is 2.71. The maximum absolute atomic E-state index is 12.8. The van der Waals surface area contributed by atoms with Crippen LogP contribution in [0, 0.1) is 0 Å². The van der Waals surface area contributed by atoms with E-state index in [9.17, 15) is 13.2 Å². The van der Waals surface area contributed by atoms with Crippen molar-refractivity contribution in [1.29, 1.82) is 0 Å². The van der Waals surface area contributed by atoms with Crippen LogP contribution in [0.3, 0.4) is 0 Å². The summed E-state index contributed by atoms with van der Waals surface area (Å²) < 4.78 is 38.4. The number of para-hydroxylation sites is 1. The zero-order chi connectivity index (χ0) is 14.8. The van der Waals surface area contributed by atoms with Gasteiger partial charge in [0.25, 0.3) is 0 Å². The Morgan fingerprint density at radius 1 is 1.15 bits per heavy atom. The molecular formula is C13H15F3N4. The van der Waals surface area contributed by atoms with E-state index in [2.05, 4.69) is 15.3 Å². The van der Waals surface area contributed by atoms with Crippen LogP contribution in [0.25, 0.3) is 10.9 Å². The first-order valence-corrected chi connectivity index (χ1v) is 6.10. The summed E-state index contributed by atoms with van der Waals surface area (Å²) in [6.45, 7) is 1.20. The molecule has 2 aromatic rings. The van der Waals surface area contributed by atoms with E-state index in [1.54, 1.807) is 24.3 Å². The van der Waals surface area contributed by atoms with Gasteiger partial charge in [-0.1, -0.05) is 12.1 Å². The van der Waals surface area contributed by atoms with Gasteiger partial charge in [0.2, 0.25) is 5.82 Å². The largest absolute Gasteiger partial charge is 0.451 e. The number of likely N-dealkylation sites (N-methyl/N-ethyl adjacent to an activating group) is 1. The first-order chi connectivity index (χ1) is 9.38. The van der Waals surface area contributed by atoms with Gasteiger partial charge in [-0.05, 0) is 26.2 Å². The van der Waals surface area contributed by atoms with Gasteiger partial charge in [0.1, 0.15) is 5.82 Å². The van der Waals surface area contributed by atoms with Gasteiger partial charge in [-0.25, -0.2) is 9.97 Å². The highest BCUT2D eigenvalue weighted by Crippen LogP contribution is 2.30. The fraction of sp³-hybridized carbons (Fsp3) is 0.385. The Morgan fingerprint density at radius 2 is 1.85 bits per heavy atom. The van der Waals surface area contributed by atoms with Gasteiger partial charge in [-0.2, -0.15) is 13.2 Å². The van der Waals surface area contributed by atoms with Crippen molar-refractivity contribution in [2.45, 2.75) is 6.18 Å². The van der Waals surface area contributed by atoms with Crippen molar-refractivity contribution in [1.82, 2.24) is 14.9 Å². The minimum Gasteiger partial charge on any atom is -0.368 e. The zero-order valence-electron chi connectivity index (χ0n) is 11.2. The highest BCUT2D eigenvalue weighted by molar-refractivity contribution is 5.89. The molecule has 0 atom stereocenters. The molecule has 0 bridgehead atoms. The molecule has 7 heteroatoms. The van der Waals surface area contributed by atoms with Crippen LogP contribution < -0.4 is 5.32 Å². The summed E-state index contributed by atoms with van der Waals surface area (Å²) in [6, 6.07) is 6.64. The number of nitrogens with zero attached hydrogens (tertiary/aromatic N) is 3. The fourth-order valence-electron chi connectivity index (χ4n) is 1.74. The summed E-state index contributed by atoms with van der Waals surface area (Å²) in [5.41, 5.74) is 0.280. The predicted octanol–water partition coefficient (Wildman–Crippen LogP) is 2.62. The van der Waals surface area contributed by atoms with E-state index in [0.29, 0.717) is 18.5 Å². The zero-order valence-corrected chi connectivity index (χ0v) is 11.2. The number of aromatic nitrogens is 2. The second-order valence-electron chi connectivity index (χ2n) is 4.64. The lowest BCUT2D eigenvalue weighted by molar-refractivity contribution is -0.144. The summed E-state index contributed by atoms with van der Waals surface area (Å²) in [5, 5.41) is 3.52. The Labute approximate surface area is 114 Å². The molecule has 0 radical (unpaired) electrons. The summed E-state index contributed by atoms with van der Waals surface area (Å²) in [6.07, 6.45) is -4.55. The summed E-state index contributed by atoms with van der Waals surface area (Å²) >= 11 is 0. The van der Waals surface area contributed by atoms with Crippen LogP contribution in [0.5, 0.6) is 0 Å². The number of hydrogen-bond donors (Lipinski definition) is 1. The third-order valence-electron chi connectivity index (χ3n) is 2.71. The van der Waals surface area contributed by atoms with Crippen molar-refractivity contribution in [3.8, 4) is 0 Å². The van der Waals surface area contributed by atoms with E-state index in [0.717, 1.165) is 0 Å². The van der Waals surface area contributed by atoms with Gasteiger partial charge < -0.3 is 10.2 Å². The molecule has 4 nitrogen and oxygen atoms in total. The molecule has 0 aliphatic heterocycles. The van der Waals surface area contributed by atoms with Crippen LogP contribution >= 0.6 is 0 Å². The van der Waals surface area contributed by atoms with Crippen molar-refractivity contribution in [3.63, 3.8) is 0 Å². The molecule has 1 N–H and O–H groups in total. The Hall–Kier alpha value is -1.89. The number of halogens is 3. The normalized spacial score (nSPS) is 12.1. The molecule has 1 heterocycles. The topological polar surface area (TPSA) is 41.0 Å². The Kier molecular flexibility index (Phi) is 4.08. The lowest BCUT2D eigenvalue weighted by Crippen LogP contribution is -2.22. The maximum Gasteiger partial charge on any atom is 0.451 e. The number of hydrogen-bond acceptors (Lipinski definition) is 4. The molecule has 1 aromatic carbocycles. The van der Waals surface area contributed by atoms with Gasteiger partial charge >= 0.3 is 6.18 Å². The van der Waals surface area contributed by atoms with Gasteiger partial charge in [0.15, 0.2) is 0 Å². The molecule has 0 unspecified atom stereocenters. The number of alkyl halides is 3. The summed E-state index contributed by atoms with van der Waals surface area (Å²) in [7, 11) is 3.78. The fourth-order valence-corrected chi connectivity index (χ4v) is 1.74. The third kappa shape index (κ3) is 3.36. The standard InChI is InChI=1S/C13H15F3N4/c1-20(2)8-7-17-11-9-5-3-4-6-10(9)18-12(19-11)13(14,15)16/h3-6H,7-8H2,1-2H3,(H,17,18,19). The average Bonchev–Trinajstić information content (AvgIpc) is 2.37. The number of fused-ring (bicyclic) bond motifs is 1. The molecule has 0 saturated heterocycles. The van der Waals surface area contributed by atoms with Crippen LogP contribution in [0.4, 0.5) is 19.0 Å².